The smallest absolute Gasteiger partial charge is 0.277 e. The number of anilines is 1. The molecule has 0 atom stereocenters. The number of hydrogen-bond acceptors (Lipinski definition) is 4. The third-order valence-electron chi connectivity index (χ3n) is 5.17. The van der Waals surface area contributed by atoms with Crippen molar-refractivity contribution in [2.24, 2.45) is 0 Å². The normalized spacial score (nSPS) is 14.7. The van der Waals surface area contributed by atoms with E-state index in [-0.39, 0.29) is 11.5 Å². The molecular weight excluding hydrogens is 316 g/mol. The summed E-state index contributed by atoms with van der Waals surface area (Å²) >= 11 is 0. The average Bonchev–Trinajstić information content (AvgIpc) is 2.61. The lowest BCUT2D eigenvalue weighted by Crippen LogP contribution is -2.50. The Kier molecular flexibility index (Phi) is 4.61. The van der Waals surface area contributed by atoms with Crippen molar-refractivity contribution in [1.82, 2.24) is 15.1 Å². The van der Waals surface area contributed by atoms with Gasteiger partial charge in [0.1, 0.15) is 5.56 Å². The SMILES string of the molecule is Cc1cccc(N2CCN(C(=O)c3c(C)c(C)n[nH]c3=O)CC2)c1C. The van der Waals surface area contributed by atoms with Gasteiger partial charge >= 0.3 is 0 Å². The fourth-order valence-electron chi connectivity index (χ4n) is 3.27. The number of benzene rings is 1. The molecule has 6 heteroatoms. The van der Waals surface area contributed by atoms with Gasteiger partial charge in [0, 0.05) is 31.9 Å². The molecule has 1 aliphatic rings. The highest BCUT2D eigenvalue weighted by atomic mass is 16.2. The van der Waals surface area contributed by atoms with Gasteiger partial charge in [-0.25, -0.2) is 5.10 Å². The summed E-state index contributed by atoms with van der Waals surface area (Å²) in [5.41, 5.74) is 4.91. The van der Waals surface area contributed by atoms with Gasteiger partial charge in [0.2, 0.25) is 0 Å². The van der Waals surface area contributed by atoms with Crippen LogP contribution in [0.2, 0.25) is 0 Å². The first-order chi connectivity index (χ1) is 11.9. The number of carbonyl (C=O) groups is 1. The minimum atomic E-state index is -0.412. The zero-order valence-electron chi connectivity index (χ0n) is 15.2. The van der Waals surface area contributed by atoms with Crippen LogP contribution in [0.15, 0.2) is 23.0 Å². The molecule has 25 heavy (non-hydrogen) atoms. The Balaban J connectivity index is 1.77. The lowest BCUT2D eigenvalue weighted by atomic mass is 10.1. The van der Waals surface area contributed by atoms with E-state index in [0.29, 0.717) is 24.3 Å². The number of aromatic amines is 1. The van der Waals surface area contributed by atoms with Gasteiger partial charge in [-0.05, 0) is 50.5 Å². The summed E-state index contributed by atoms with van der Waals surface area (Å²) in [6.45, 7) is 10.5. The molecule has 0 aliphatic carbocycles. The maximum atomic E-state index is 12.8. The third-order valence-corrected chi connectivity index (χ3v) is 5.17. The molecule has 0 spiro atoms. The highest BCUT2D eigenvalue weighted by Crippen LogP contribution is 2.24. The molecule has 1 aromatic heterocycles. The van der Waals surface area contributed by atoms with Gasteiger partial charge in [0.15, 0.2) is 0 Å². The van der Waals surface area contributed by atoms with Crippen LogP contribution >= 0.6 is 0 Å². The van der Waals surface area contributed by atoms with Gasteiger partial charge in [-0.3, -0.25) is 9.59 Å². The van der Waals surface area contributed by atoms with Gasteiger partial charge < -0.3 is 9.80 Å². The Morgan fingerprint density at radius 3 is 2.40 bits per heavy atom. The molecule has 1 fully saturated rings. The van der Waals surface area contributed by atoms with Gasteiger partial charge in [0.05, 0.1) is 5.69 Å². The summed E-state index contributed by atoms with van der Waals surface area (Å²) in [4.78, 5) is 29.0. The van der Waals surface area contributed by atoms with E-state index >= 15 is 0 Å². The molecular formula is C19H24N4O2. The lowest BCUT2D eigenvalue weighted by molar-refractivity contribution is 0.0743. The predicted molar refractivity (Wildman–Crippen MR) is 98.4 cm³/mol. The molecule has 0 bridgehead atoms. The molecule has 1 N–H and O–H groups in total. The zero-order chi connectivity index (χ0) is 18.1. The maximum absolute atomic E-state index is 12.8. The highest BCUT2D eigenvalue weighted by molar-refractivity contribution is 5.95. The molecule has 2 heterocycles. The van der Waals surface area contributed by atoms with E-state index in [1.165, 1.54) is 16.8 Å². The molecule has 6 nitrogen and oxygen atoms in total. The van der Waals surface area contributed by atoms with Gasteiger partial charge in [-0.2, -0.15) is 5.10 Å². The van der Waals surface area contributed by atoms with Crippen molar-refractivity contribution in [3.8, 4) is 0 Å². The minimum absolute atomic E-state index is 0.204. The van der Waals surface area contributed by atoms with Crippen LogP contribution in [0.3, 0.4) is 0 Å². The lowest BCUT2D eigenvalue weighted by Gasteiger charge is -2.37. The maximum Gasteiger partial charge on any atom is 0.277 e. The Hall–Kier alpha value is -2.63. The van der Waals surface area contributed by atoms with E-state index in [1.54, 1.807) is 18.7 Å². The van der Waals surface area contributed by atoms with Crippen molar-refractivity contribution >= 4 is 11.6 Å². The number of aryl methyl sites for hydroxylation is 2. The number of rotatable bonds is 2. The number of hydrogen-bond donors (Lipinski definition) is 1. The van der Waals surface area contributed by atoms with E-state index < -0.39 is 5.56 Å². The summed E-state index contributed by atoms with van der Waals surface area (Å²) in [7, 11) is 0. The monoisotopic (exact) mass is 340 g/mol. The largest absolute Gasteiger partial charge is 0.368 e. The van der Waals surface area contributed by atoms with Crippen LogP contribution in [0.5, 0.6) is 0 Å². The van der Waals surface area contributed by atoms with Crippen molar-refractivity contribution in [2.75, 3.05) is 31.1 Å². The van der Waals surface area contributed by atoms with E-state index in [1.807, 2.05) is 0 Å². The molecule has 0 saturated carbocycles. The number of carbonyl (C=O) groups excluding carboxylic acids is 1. The number of aromatic nitrogens is 2. The first-order valence-electron chi connectivity index (χ1n) is 8.56. The van der Waals surface area contributed by atoms with Crippen molar-refractivity contribution < 1.29 is 4.79 Å². The highest BCUT2D eigenvalue weighted by Gasteiger charge is 2.26. The Morgan fingerprint density at radius 1 is 1.04 bits per heavy atom. The van der Waals surface area contributed by atoms with E-state index in [4.69, 9.17) is 0 Å². The standard InChI is InChI=1S/C19H24N4O2/c1-12-6-5-7-16(13(12)2)22-8-10-23(11-9-22)19(25)17-14(3)15(4)20-21-18(17)24/h5-7H,8-11H2,1-4H3,(H,21,24). The van der Waals surface area contributed by atoms with Crippen LogP contribution in [-0.2, 0) is 0 Å². The molecule has 1 saturated heterocycles. The fraction of sp³-hybridized carbons (Fsp3) is 0.421. The second-order valence-electron chi connectivity index (χ2n) is 6.64. The second-order valence-corrected chi connectivity index (χ2v) is 6.64. The van der Waals surface area contributed by atoms with Crippen LogP contribution in [0.4, 0.5) is 5.69 Å². The Morgan fingerprint density at radius 2 is 1.72 bits per heavy atom. The van der Waals surface area contributed by atoms with Crippen LogP contribution in [0, 0.1) is 27.7 Å². The molecule has 132 valence electrons. The van der Waals surface area contributed by atoms with Crippen LogP contribution in [-0.4, -0.2) is 47.2 Å². The van der Waals surface area contributed by atoms with Crippen molar-refractivity contribution in [3.05, 3.63) is 56.5 Å². The zero-order valence-corrected chi connectivity index (χ0v) is 15.2. The molecule has 1 aliphatic heterocycles. The van der Waals surface area contributed by atoms with E-state index in [9.17, 15) is 9.59 Å². The van der Waals surface area contributed by atoms with Crippen molar-refractivity contribution in [3.63, 3.8) is 0 Å². The first-order valence-corrected chi connectivity index (χ1v) is 8.56. The van der Waals surface area contributed by atoms with Crippen LogP contribution in [0.25, 0.3) is 0 Å². The predicted octanol–water partition coefficient (Wildman–Crippen LogP) is 1.97. The molecule has 0 radical (unpaired) electrons. The van der Waals surface area contributed by atoms with Crippen LogP contribution in [0.1, 0.15) is 32.7 Å². The first kappa shape index (κ1) is 17.2. The summed E-state index contributed by atoms with van der Waals surface area (Å²) in [6.07, 6.45) is 0. The van der Waals surface area contributed by atoms with Crippen LogP contribution < -0.4 is 10.5 Å². The Labute approximate surface area is 147 Å². The summed E-state index contributed by atoms with van der Waals surface area (Å²) in [5, 5.41) is 6.33. The third kappa shape index (κ3) is 3.16. The van der Waals surface area contributed by atoms with E-state index in [2.05, 4.69) is 47.1 Å². The number of nitrogens with zero attached hydrogens (tertiary/aromatic N) is 3. The quantitative estimate of drug-likeness (QED) is 0.907. The van der Waals surface area contributed by atoms with Gasteiger partial charge in [-0.15, -0.1) is 0 Å². The number of piperazine rings is 1. The number of amides is 1. The number of nitrogens with one attached hydrogen (secondary N) is 1. The minimum Gasteiger partial charge on any atom is -0.368 e. The van der Waals surface area contributed by atoms with Crippen molar-refractivity contribution in [1.29, 1.82) is 0 Å². The average molecular weight is 340 g/mol. The topological polar surface area (TPSA) is 69.3 Å². The number of H-pyrrole nitrogens is 1. The summed E-state index contributed by atoms with van der Waals surface area (Å²) < 4.78 is 0. The molecule has 0 unspecified atom stereocenters. The molecule has 1 aromatic carbocycles. The van der Waals surface area contributed by atoms with Gasteiger partial charge in [-0.1, -0.05) is 12.1 Å². The molecule has 3 rings (SSSR count). The summed E-state index contributed by atoms with van der Waals surface area (Å²) in [6, 6.07) is 6.30. The Bertz CT molecular complexity index is 864. The van der Waals surface area contributed by atoms with Gasteiger partial charge in [0.25, 0.3) is 11.5 Å². The summed E-state index contributed by atoms with van der Waals surface area (Å²) in [5.74, 6) is -0.204. The van der Waals surface area contributed by atoms with E-state index in [0.717, 1.165) is 13.1 Å². The van der Waals surface area contributed by atoms with Crippen molar-refractivity contribution in [2.45, 2.75) is 27.7 Å². The molecule has 1 amide bonds. The fourth-order valence-corrected chi connectivity index (χ4v) is 3.27. The molecule has 2 aromatic rings. The second kappa shape index (κ2) is 6.70.